The summed E-state index contributed by atoms with van der Waals surface area (Å²) in [7, 11) is -2.74. The van der Waals surface area contributed by atoms with Gasteiger partial charge in [-0.25, -0.2) is 13.9 Å². The molecule has 1 aromatic carbocycles. The minimum absolute atomic E-state index is 0.0693. The minimum atomic E-state index is -4.15. The smallest absolute Gasteiger partial charge is 0.459 e. The van der Waals surface area contributed by atoms with Gasteiger partial charge in [-0.1, -0.05) is 18.2 Å². The molecule has 222 valence electrons. The van der Waals surface area contributed by atoms with E-state index in [9.17, 15) is 9.36 Å². The first kappa shape index (κ1) is 29.2. The van der Waals surface area contributed by atoms with Gasteiger partial charge in [0.1, 0.15) is 17.9 Å². The highest BCUT2D eigenvalue weighted by molar-refractivity contribution is 7.52. The fourth-order valence-electron chi connectivity index (χ4n) is 5.05. The lowest BCUT2D eigenvalue weighted by Crippen LogP contribution is -2.37. The molecule has 0 amide bonds. The fourth-order valence-corrected chi connectivity index (χ4v) is 6.57. The number of aromatic nitrogens is 4. The van der Waals surface area contributed by atoms with Gasteiger partial charge in [0.25, 0.3) is 0 Å². The Morgan fingerprint density at radius 2 is 2.02 bits per heavy atom. The molecule has 2 aliphatic rings. The number of nitrogens with two attached hydrogens (primary N) is 1. The Hall–Kier alpha value is -3.32. The van der Waals surface area contributed by atoms with Gasteiger partial charge in [0.2, 0.25) is 11.8 Å². The van der Waals surface area contributed by atoms with Crippen LogP contribution >= 0.6 is 7.75 Å². The van der Waals surface area contributed by atoms with Crippen molar-refractivity contribution < 1.29 is 37.0 Å². The topological polar surface area (TPSA) is 162 Å². The maximum absolute atomic E-state index is 15.9. The van der Waals surface area contributed by atoms with Gasteiger partial charge in [0, 0.05) is 6.42 Å². The maximum atomic E-state index is 15.9. The number of halogens is 1. The van der Waals surface area contributed by atoms with Crippen molar-refractivity contribution in [3.8, 4) is 11.6 Å². The highest BCUT2D eigenvalue weighted by Gasteiger charge is 2.48. The number of rotatable bonds is 11. The lowest BCUT2D eigenvalue weighted by molar-refractivity contribution is -0.150. The molecular weight excluding hydrogens is 558 g/mol. The first-order valence-electron chi connectivity index (χ1n) is 13.4. The van der Waals surface area contributed by atoms with Gasteiger partial charge in [0.15, 0.2) is 23.1 Å². The Labute approximate surface area is 236 Å². The molecule has 3 aromatic rings. The molecule has 15 heteroatoms. The molecule has 41 heavy (non-hydrogen) atoms. The predicted molar refractivity (Wildman–Crippen MR) is 146 cm³/mol. The molecule has 3 N–H and O–H groups in total. The van der Waals surface area contributed by atoms with E-state index in [2.05, 4.69) is 20.0 Å². The minimum Gasteiger partial charge on any atom is -0.479 e. The molecule has 5 atom stereocenters. The summed E-state index contributed by atoms with van der Waals surface area (Å²) in [5.74, 6) is -0.221. The molecule has 1 unspecified atom stereocenters. The van der Waals surface area contributed by atoms with Crippen molar-refractivity contribution in [3.63, 3.8) is 0 Å². The lowest BCUT2D eigenvalue weighted by Gasteiger charge is -2.24. The zero-order valence-corrected chi connectivity index (χ0v) is 24.0. The number of imidazole rings is 1. The van der Waals surface area contributed by atoms with E-state index >= 15 is 4.39 Å². The number of nitrogens with zero attached hydrogens (tertiary/aromatic N) is 4. The van der Waals surface area contributed by atoms with Crippen LogP contribution in [0.15, 0.2) is 36.7 Å². The highest BCUT2D eigenvalue weighted by atomic mass is 31.2. The summed E-state index contributed by atoms with van der Waals surface area (Å²) < 4.78 is 59.4. The zero-order chi connectivity index (χ0) is 29.2. The number of fused-ring (bicyclic) bond motifs is 1. The summed E-state index contributed by atoms with van der Waals surface area (Å²) in [6.07, 6.45) is 2.73. The number of hydrogen-bond donors (Lipinski definition) is 2. The number of carbonyl (C=O) groups is 1. The number of para-hydroxylation sites is 1. The van der Waals surface area contributed by atoms with Crippen LogP contribution in [0, 0.1) is 0 Å². The third-order valence-corrected chi connectivity index (χ3v) is 8.65. The molecule has 1 saturated heterocycles. The maximum Gasteiger partial charge on any atom is 0.459 e. The Balaban J connectivity index is 1.30. The van der Waals surface area contributed by atoms with Crippen LogP contribution in [0.1, 0.15) is 52.2 Å². The second-order valence-corrected chi connectivity index (χ2v) is 12.1. The van der Waals surface area contributed by atoms with Gasteiger partial charge < -0.3 is 24.5 Å². The van der Waals surface area contributed by atoms with Crippen LogP contribution in [-0.2, 0) is 23.4 Å². The largest absolute Gasteiger partial charge is 0.479 e. The molecular formula is C26H34FN6O7P. The number of nitrogen functional groups attached to an aromatic ring is 1. The monoisotopic (exact) mass is 592 g/mol. The van der Waals surface area contributed by atoms with Crippen LogP contribution in [0.2, 0.25) is 0 Å². The van der Waals surface area contributed by atoms with Crippen molar-refractivity contribution in [2.45, 2.75) is 76.1 Å². The average molecular weight is 593 g/mol. The number of benzene rings is 1. The van der Waals surface area contributed by atoms with Gasteiger partial charge in [-0.2, -0.15) is 15.1 Å². The number of nitrogens with one attached hydrogen (secondary N) is 1. The Kier molecular flexibility index (Phi) is 8.46. The number of hydrogen-bond acceptors (Lipinski definition) is 11. The van der Waals surface area contributed by atoms with E-state index in [1.165, 1.54) is 31.9 Å². The van der Waals surface area contributed by atoms with E-state index in [-0.39, 0.29) is 42.4 Å². The molecule has 2 fully saturated rings. The Morgan fingerprint density at radius 1 is 1.29 bits per heavy atom. The van der Waals surface area contributed by atoms with E-state index in [1.54, 1.807) is 30.3 Å². The quantitative estimate of drug-likeness (QED) is 0.243. The second kappa shape index (κ2) is 11.9. The molecule has 13 nitrogen and oxygen atoms in total. The van der Waals surface area contributed by atoms with Crippen LogP contribution in [0.25, 0.3) is 11.2 Å². The number of methoxy groups -OCH3 is 1. The summed E-state index contributed by atoms with van der Waals surface area (Å²) in [6.45, 7) is 2.60. The van der Waals surface area contributed by atoms with Crippen LogP contribution in [-0.4, -0.2) is 63.1 Å². The first-order chi connectivity index (χ1) is 19.6. The number of esters is 1. The molecule has 0 spiro atoms. The van der Waals surface area contributed by atoms with E-state index in [0.29, 0.717) is 5.52 Å². The van der Waals surface area contributed by atoms with Gasteiger partial charge in [-0.05, 0) is 51.7 Å². The van der Waals surface area contributed by atoms with Crippen molar-refractivity contribution in [2.75, 3.05) is 19.5 Å². The highest BCUT2D eigenvalue weighted by Crippen LogP contribution is 2.48. The first-order valence-corrected chi connectivity index (χ1v) is 15.0. The molecule has 1 aliphatic heterocycles. The number of carbonyl (C=O) groups excluding carboxylic acids is 1. The van der Waals surface area contributed by atoms with Crippen LogP contribution in [0.4, 0.5) is 10.3 Å². The van der Waals surface area contributed by atoms with E-state index in [4.69, 9.17) is 29.0 Å². The van der Waals surface area contributed by atoms with Crippen molar-refractivity contribution in [2.24, 2.45) is 0 Å². The number of anilines is 1. The number of ether oxygens (including phenoxy) is 3. The van der Waals surface area contributed by atoms with E-state index in [1.807, 2.05) is 0 Å². The average Bonchev–Trinajstić information content (AvgIpc) is 3.66. The van der Waals surface area contributed by atoms with Gasteiger partial charge in [0.05, 0.1) is 26.1 Å². The molecule has 0 bridgehead atoms. The predicted octanol–water partition coefficient (Wildman–Crippen LogP) is 4.10. The summed E-state index contributed by atoms with van der Waals surface area (Å²) >= 11 is 0. The summed E-state index contributed by atoms with van der Waals surface area (Å²) in [5.41, 5.74) is 4.45. The molecule has 1 aliphatic carbocycles. The SMILES string of the molecule is COc1nc(N)nc2c1ncn2[C@@H]1O[C@H](COP(=O)(N[C@@H](C)C(=O)OC2CCCC2)Oc2ccccc2)C[C@@]1(C)F. The van der Waals surface area contributed by atoms with Crippen molar-refractivity contribution in [1.29, 1.82) is 0 Å². The van der Waals surface area contributed by atoms with Crippen molar-refractivity contribution >= 4 is 30.8 Å². The normalized spacial score (nSPS) is 25.2. The fraction of sp³-hybridized carbons (Fsp3) is 0.538. The van der Waals surface area contributed by atoms with Crippen LogP contribution < -0.4 is 20.1 Å². The standard InChI is InChI=1S/C26H34FN6O7P/c1-16(23(34)38-17-9-7-8-10-17)32-41(35,40-18-11-5-4-6-12-18)37-14-19-13-26(2,27)24(39-19)33-15-29-20-21(33)30-25(28)31-22(20)36-3/h4-6,11-12,15-17,19,24H,7-10,13-14H2,1-3H3,(H,32,35)(H2,28,30,31)/t16-,19-,24+,26+,41?/m0/s1. The Morgan fingerprint density at radius 3 is 2.73 bits per heavy atom. The second-order valence-electron chi connectivity index (χ2n) is 10.4. The summed E-state index contributed by atoms with van der Waals surface area (Å²) in [6, 6.07) is 7.40. The lowest BCUT2D eigenvalue weighted by atomic mass is 10.0. The van der Waals surface area contributed by atoms with Crippen molar-refractivity contribution in [1.82, 2.24) is 24.6 Å². The third-order valence-electron chi connectivity index (χ3n) is 7.01. The number of alkyl halides is 1. The molecule has 0 radical (unpaired) electrons. The van der Waals surface area contributed by atoms with Crippen molar-refractivity contribution in [3.05, 3.63) is 36.7 Å². The zero-order valence-electron chi connectivity index (χ0n) is 23.1. The van der Waals surface area contributed by atoms with E-state index < -0.39 is 37.8 Å². The van der Waals surface area contributed by atoms with Crippen LogP contribution in [0.3, 0.4) is 0 Å². The molecule has 3 heterocycles. The van der Waals surface area contributed by atoms with Gasteiger partial charge >= 0.3 is 13.7 Å². The summed E-state index contributed by atoms with van der Waals surface area (Å²) in [4.78, 5) is 25.1. The van der Waals surface area contributed by atoms with Crippen LogP contribution in [0.5, 0.6) is 11.6 Å². The molecule has 2 aromatic heterocycles. The Bertz CT molecular complexity index is 1420. The van der Waals surface area contributed by atoms with Gasteiger partial charge in [-0.3, -0.25) is 13.9 Å². The summed E-state index contributed by atoms with van der Waals surface area (Å²) in [5, 5.41) is 2.67. The van der Waals surface area contributed by atoms with Gasteiger partial charge in [-0.15, -0.1) is 0 Å². The third kappa shape index (κ3) is 6.61. The molecule has 1 saturated carbocycles. The molecule has 5 rings (SSSR count). The van der Waals surface area contributed by atoms with E-state index in [0.717, 1.165) is 25.7 Å².